The van der Waals surface area contributed by atoms with Crippen molar-refractivity contribution >= 4 is 29.7 Å². The zero-order chi connectivity index (χ0) is 33.0. The second-order valence-corrected chi connectivity index (χ2v) is 10.2. The highest BCUT2D eigenvalue weighted by molar-refractivity contribution is 5.96. The van der Waals surface area contributed by atoms with Gasteiger partial charge in [-0.05, 0) is 73.1 Å². The summed E-state index contributed by atoms with van der Waals surface area (Å²) in [7, 11) is 0. The molecule has 3 amide bonds. The molecule has 0 atom stereocenters. The molecular formula is C30H37F3N4O7. The highest BCUT2D eigenvalue weighted by Crippen LogP contribution is 2.23. The molecule has 1 aliphatic carbocycles. The number of benzene rings is 2. The maximum atomic E-state index is 12.9. The van der Waals surface area contributed by atoms with E-state index in [1.807, 2.05) is 31.2 Å². The van der Waals surface area contributed by atoms with Crippen LogP contribution in [0.25, 0.3) is 0 Å². The number of rotatable bonds is 7. The fourth-order valence-corrected chi connectivity index (χ4v) is 4.89. The van der Waals surface area contributed by atoms with Crippen LogP contribution < -0.4 is 11.5 Å². The van der Waals surface area contributed by atoms with Gasteiger partial charge in [0.15, 0.2) is 0 Å². The van der Waals surface area contributed by atoms with Gasteiger partial charge in [-0.25, -0.2) is 4.79 Å². The van der Waals surface area contributed by atoms with Crippen LogP contribution in [-0.2, 0) is 33.8 Å². The first-order valence-electron chi connectivity index (χ1n) is 14.0. The van der Waals surface area contributed by atoms with Crippen molar-refractivity contribution in [1.82, 2.24) is 9.80 Å². The standard InChI is InChI=1S/C18H25N3O4.C10H11NO.C2HF3O2/c1-2-16(22)20-8-6-15(7-9-20)21(12-17(23)24)18(25)14-5-3-4-13(10-14)11-19;11-10(12)9-5-4-7-2-1-3-8(7)6-9;3-2(4,5)1(6)7/h3-5,10,15H,2,6-9,11-12,19H2,1H3,(H,23,24);4-6H,1-3H2,(H2,11,12);(H,6,7). The number of nitrogens with zero attached hydrogens (tertiary/aromatic N) is 2. The summed E-state index contributed by atoms with van der Waals surface area (Å²) < 4.78 is 31.7. The lowest BCUT2D eigenvalue weighted by Gasteiger charge is -2.38. The first kappa shape index (κ1) is 35.7. The number of carboxylic acids is 2. The van der Waals surface area contributed by atoms with E-state index in [2.05, 4.69) is 0 Å². The summed E-state index contributed by atoms with van der Waals surface area (Å²) in [5.74, 6) is -4.35. The van der Waals surface area contributed by atoms with Gasteiger partial charge < -0.3 is 31.5 Å². The van der Waals surface area contributed by atoms with E-state index in [-0.39, 0.29) is 30.3 Å². The molecule has 2 aromatic rings. The fourth-order valence-electron chi connectivity index (χ4n) is 4.89. The number of halogens is 3. The smallest absolute Gasteiger partial charge is 0.480 e. The topological polar surface area (TPSA) is 184 Å². The lowest BCUT2D eigenvalue weighted by molar-refractivity contribution is -0.192. The second kappa shape index (κ2) is 16.4. The summed E-state index contributed by atoms with van der Waals surface area (Å²) in [6.07, 6.45) is -0.0145. The number of primary amides is 1. The number of alkyl halides is 3. The van der Waals surface area contributed by atoms with Gasteiger partial charge in [-0.15, -0.1) is 0 Å². The summed E-state index contributed by atoms with van der Waals surface area (Å²) in [4.78, 5) is 58.8. The Labute approximate surface area is 252 Å². The number of carbonyl (C=O) groups is 5. The van der Waals surface area contributed by atoms with Gasteiger partial charge >= 0.3 is 18.1 Å². The van der Waals surface area contributed by atoms with Crippen LogP contribution in [-0.4, -0.2) is 81.5 Å². The Morgan fingerprint density at radius 1 is 0.955 bits per heavy atom. The minimum absolute atomic E-state index is 0.0882. The third-order valence-electron chi connectivity index (χ3n) is 7.16. The maximum Gasteiger partial charge on any atom is 0.490 e. The van der Waals surface area contributed by atoms with E-state index < -0.39 is 18.1 Å². The van der Waals surface area contributed by atoms with Crippen molar-refractivity contribution in [3.05, 3.63) is 70.3 Å². The van der Waals surface area contributed by atoms with Gasteiger partial charge in [0.1, 0.15) is 6.54 Å². The van der Waals surface area contributed by atoms with Crippen LogP contribution >= 0.6 is 0 Å². The molecule has 4 rings (SSSR count). The van der Waals surface area contributed by atoms with Gasteiger partial charge in [-0.1, -0.05) is 25.1 Å². The molecule has 1 aliphatic heterocycles. The van der Waals surface area contributed by atoms with Crippen LogP contribution in [0.5, 0.6) is 0 Å². The van der Waals surface area contributed by atoms with Crippen molar-refractivity contribution in [1.29, 1.82) is 0 Å². The van der Waals surface area contributed by atoms with Crippen LogP contribution in [0, 0.1) is 0 Å². The number of fused-ring (bicyclic) bond motifs is 1. The first-order valence-corrected chi connectivity index (χ1v) is 14.0. The zero-order valence-electron chi connectivity index (χ0n) is 24.3. The number of amides is 3. The summed E-state index contributed by atoms with van der Waals surface area (Å²) in [6, 6.07) is 12.5. The van der Waals surface area contributed by atoms with Gasteiger partial charge in [-0.2, -0.15) is 13.2 Å². The van der Waals surface area contributed by atoms with Gasteiger partial charge in [0.2, 0.25) is 11.8 Å². The Morgan fingerprint density at radius 2 is 1.57 bits per heavy atom. The van der Waals surface area contributed by atoms with E-state index in [0.717, 1.165) is 18.4 Å². The molecule has 1 fully saturated rings. The van der Waals surface area contributed by atoms with E-state index in [9.17, 15) is 37.5 Å². The van der Waals surface area contributed by atoms with E-state index in [1.165, 1.54) is 22.4 Å². The Kier molecular flexibility index (Phi) is 13.3. The number of likely N-dealkylation sites (tertiary alicyclic amines) is 1. The van der Waals surface area contributed by atoms with Gasteiger partial charge in [0, 0.05) is 43.2 Å². The lowest BCUT2D eigenvalue weighted by Crippen LogP contribution is -2.50. The SMILES string of the molecule is CCC(=O)N1CCC(N(CC(=O)O)C(=O)c2cccc(CN)c2)CC1.NC(=O)c1ccc2c(c1)CCC2.O=C(O)C(F)(F)F. The number of carboxylic acid groups (broad SMARTS) is 2. The number of carbonyl (C=O) groups excluding carboxylic acids is 3. The quantitative estimate of drug-likeness (QED) is 0.363. The molecule has 2 aromatic carbocycles. The summed E-state index contributed by atoms with van der Waals surface area (Å²) >= 11 is 0. The van der Waals surface area contributed by atoms with Crippen LogP contribution in [0.3, 0.4) is 0 Å². The zero-order valence-corrected chi connectivity index (χ0v) is 24.3. The number of hydrogen-bond acceptors (Lipinski definition) is 6. The molecule has 44 heavy (non-hydrogen) atoms. The Bertz CT molecular complexity index is 1340. The molecule has 0 spiro atoms. The summed E-state index contributed by atoms with van der Waals surface area (Å²) in [5, 5.41) is 16.3. The van der Waals surface area contributed by atoms with Gasteiger partial charge in [-0.3, -0.25) is 19.2 Å². The normalized spacial score (nSPS) is 14.2. The number of piperidine rings is 1. The molecule has 0 aromatic heterocycles. The number of nitrogens with two attached hydrogens (primary N) is 2. The third kappa shape index (κ3) is 10.7. The number of aliphatic carboxylic acids is 2. The van der Waals surface area contributed by atoms with Crippen molar-refractivity contribution in [2.24, 2.45) is 11.5 Å². The molecule has 1 heterocycles. The van der Waals surface area contributed by atoms with E-state index in [1.54, 1.807) is 23.1 Å². The molecule has 0 radical (unpaired) electrons. The van der Waals surface area contributed by atoms with E-state index >= 15 is 0 Å². The highest BCUT2D eigenvalue weighted by Gasteiger charge is 2.38. The minimum Gasteiger partial charge on any atom is -0.480 e. The predicted molar refractivity (Wildman–Crippen MR) is 154 cm³/mol. The van der Waals surface area contributed by atoms with Crippen molar-refractivity contribution < 1.29 is 47.4 Å². The first-order chi connectivity index (χ1) is 20.7. The van der Waals surface area contributed by atoms with Crippen molar-refractivity contribution in [3.63, 3.8) is 0 Å². The second-order valence-electron chi connectivity index (χ2n) is 10.2. The van der Waals surface area contributed by atoms with Crippen LogP contribution in [0.2, 0.25) is 0 Å². The fraction of sp³-hybridized carbons (Fsp3) is 0.433. The predicted octanol–water partition coefficient (Wildman–Crippen LogP) is 2.98. The largest absolute Gasteiger partial charge is 0.490 e. The third-order valence-corrected chi connectivity index (χ3v) is 7.16. The van der Waals surface area contributed by atoms with Crippen molar-refractivity contribution in [3.8, 4) is 0 Å². The molecule has 0 unspecified atom stereocenters. The minimum atomic E-state index is -5.08. The Balaban J connectivity index is 0.000000291. The van der Waals surface area contributed by atoms with E-state index in [4.69, 9.17) is 21.4 Å². The molecule has 14 heteroatoms. The summed E-state index contributed by atoms with van der Waals surface area (Å²) in [6.45, 7) is 2.88. The van der Waals surface area contributed by atoms with Crippen LogP contribution in [0.4, 0.5) is 13.2 Å². The number of aryl methyl sites for hydroxylation is 2. The molecule has 240 valence electrons. The molecule has 11 nitrogen and oxygen atoms in total. The molecule has 2 aliphatic rings. The molecule has 1 saturated heterocycles. The average molecular weight is 623 g/mol. The number of hydrogen-bond donors (Lipinski definition) is 4. The van der Waals surface area contributed by atoms with Crippen LogP contribution in [0.1, 0.15) is 70.0 Å². The summed E-state index contributed by atoms with van der Waals surface area (Å²) in [5.41, 5.74) is 15.4. The average Bonchev–Trinajstić information content (AvgIpc) is 3.47. The van der Waals surface area contributed by atoms with Crippen LogP contribution in [0.15, 0.2) is 42.5 Å². The van der Waals surface area contributed by atoms with Crippen molar-refractivity contribution in [2.75, 3.05) is 19.6 Å². The Hall–Kier alpha value is -4.46. The van der Waals surface area contributed by atoms with Gasteiger partial charge in [0.25, 0.3) is 5.91 Å². The van der Waals surface area contributed by atoms with E-state index in [0.29, 0.717) is 50.0 Å². The monoisotopic (exact) mass is 622 g/mol. The molecular weight excluding hydrogens is 585 g/mol. The highest BCUT2D eigenvalue weighted by atomic mass is 19.4. The maximum absolute atomic E-state index is 12.9. The lowest BCUT2D eigenvalue weighted by atomic mass is 10.0. The molecule has 6 N–H and O–H groups in total. The van der Waals surface area contributed by atoms with Crippen molar-refractivity contribution in [2.45, 2.75) is 64.2 Å². The molecule has 0 saturated carbocycles. The van der Waals surface area contributed by atoms with Gasteiger partial charge in [0.05, 0.1) is 0 Å². The Morgan fingerprint density at radius 3 is 2.09 bits per heavy atom. The molecule has 0 bridgehead atoms.